The van der Waals surface area contributed by atoms with Gasteiger partial charge in [0.2, 0.25) is 5.69 Å². The highest BCUT2D eigenvalue weighted by atomic mass is 16.6. The summed E-state index contributed by atoms with van der Waals surface area (Å²) in [6.45, 7) is 1.79. The third-order valence-electron chi connectivity index (χ3n) is 6.25. The fraction of sp³-hybridized carbons (Fsp3) is 0.148. The van der Waals surface area contributed by atoms with Gasteiger partial charge in [-0.1, -0.05) is 30.3 Å². The Kier molecular flexibility index (Phi) is 4.86. The molecule has 0 saturated carbocycles. The molecule has 3 aromatic carbocycles. The zero-order chi connectivity index (χ0) is 23.3. The van der Waals surface area contributed by atoms with Crippen LogP contribution in [0.25, 0.3) is 33.8 Å². The Bertz CT molecular complexity index is 1570. The second-order valence-electron chi connectivity index (χ2n) is 8.57. The van der Waals surface area contributed by atoms with E-state index in [0.717, 1.165) is 44.1 Å². The maximum absolute atomic E-state index is 11.7. The monoisotopic (exact) mass is 437 g/mol. The normalized spacial score (nSPS) is 12.1. The van der Waals surface area contributed by atoms with Crippen LogP contribution < -0.4 is 14.8 Å². The molecular formula is C27H25N4O2+. The predicted octanol–water partition coefficient (Wildman–Crippen LogP) is 4.41. The lowest BCUT2D eigenvalue weighted by atomic mass is 10.1. The van der Waals surface area contributed by atoms with Crippen LogP contribution in [-0.4, -0.2) is 23.5 Å². The van der Waals surface area contributed by atoms with Crippen LogP contribution in [-0.2, 0) is 7.05 Å². The highest BCUT2D eigenvalue weighted by Crippen LogP contribution is 2.27. The van der Waals surface area contributed by atoms with Gasteiger partial charge < -0.3 is 4.90 Å². The number of benzene rings is 3. The second-order valence-corrected chi connectivity index (χ2v) is 8.57. The van der Waals surface area contributed by atoms with Crippen LogP contribution in [0.15, 0.2) is 72.8 Å². The van der Waals surface area contributed by atoms with E-state index >= 15 is 0 Å². The molecule has 2 aromatic heterocycles. The van der Waals surface area contributed by atoms with E-state index in [1.54, 1.807) is 13.0 Å². The molecule has 164 valence electrons. The summed E-state index contributed by atoms with van der Waals surface area (Å²) in [7, 11) is 6.06. The van der Waals surface area contributed by atoms with Crippen molar-refractivity contribution in [1.29, 1.82) is 0 Å². The molecule has 0 N–H and O–H groups in total. The summed E-state index contributed by atoms with van der Waals surface area (Å²) in [5, 5.41) is 13.5. The first-order valence-electron chi connectivity index (χ1n) is 10.8. The van der Waals surface area contributed by atoms with Crippen molar-refractivity contribution >= 4 is 33.9 Å². The van der Waals surface area contributed by atoms with Gasteiger partial charge in [-0.15, -0.1) is 9.20 Å². The van der Waals surface area contributed by atoms with Crippen LogP contribution in [0.4, 0.5) is 11.4 Å². The number of hydrogen-bond donors (Lipinski definition) is 0. The highest BCUT2D eigenvalue weighted by Gasteiger charge is 2.24. The van der Waals surface area contributed by atoms with Crippen LogP contribution in [0.3, 0.4) is 0 Å². The number of nitrogens with zero attached hydrogens (tertiary/aromatic N) is 4. The van der Waals surface area contributed by atoms with E-state index in [1.807, 2.05) is 45.4 Å². The van der Waals surface area contributed by atoms with Crippen LogP contribution in [0.2, 0.25) is 0 Å². The van der Waals surface area contributed by atoms with Crippen molar-refractivity contribution in [2.75, 3.05) is 19.0 Å². The van der Waals surface area contributed by atoms with Gasteiger partial charge in [0.25, 0.3) is 5.69 Å². The molecule has 5 aromatic rings. The molecule has 0 spiro atoms. The zero-order valence-corrected chi connectivity index (χ0v) is 19.1. The molecule has 6 nitrogen and oxygen atoms in total. The molecule has 6 heteroatoms. The number of anilines is 1. The molecule has 0 amide bonds. The Morgan fingerprint density at radius 3 is 2.30 bits per heavy atom. The third kappa shape index (κ3) is 3.40. The lowest BCUT2D eigenvalue weighted by Crippen LogP contribution is -2.36. The molecule has 0 unspecified atom stereocenters. The molecule has 2 heterocycles. The Balaban J connectivity index is 1.86. The van der Waals surface area contributed by atoms with Gasteiger partial charge in [0.15, 0.2) is 7.05 Å². The lowest BCUT2D eigenvalue weighted by molar-refractivity contribution is -0.725. The minimum atomic E-state index is -0.303. The quantitative estimate of drug-likeness (QED) is 0.238. The molecule has 33 heavy (non-hydrogen) atoms. The molecule has 0 bridgehead atoms. The topological polar surface area (TPSA) is 54.7 Å². The van der Waals surface area contributed by atoms with Crippen molar-refractivity contribution in [2.24, 2.45) is 7.05 Å². The average molecular weight is 438 g/mol. The molecule has 0 aliphatic carbocycles. The van der Waals surface area contributed by atoms with E-state index in [-0.39, 0.29) is 10.6 Å². The van der Waals surface area contributed by atoms with E-state index in [2.05, 4.69) is 62.6 Å². The number of fused-ring (bicyclic) bond motifs is 3. The fourth-order valence-corrected chi connectivity index (χ4v) is 4.51. The van der Waals surface area contributed by atoms with E-state index in [9.17, 15) is 10.1 Å². The molecule has 5 rings (SSSR count). The van der Waals surface area contributed by atoms with Gasteiger partial charge in [0.05, 0.1) is 4.92 Å². The maximum Gasteiger partial charge on any atom is 0.273 e. The number of nitro benzene ring substituents is 1. The van der Waals surface area contributed by atoms with Crippen LogP contribution in [0, 0.1) is 17.0 Å². The first kappa shape index (κ1) is 20.7. The van der Waals surface area contributed by atoms with E-state index in [0.29, 0.717) is 5.56 Å². The van der Waals surface area contributed by atoms with Gasteiger partial charge in [0, 0.05) is 53.6 Å². The molecule has 0 radical (unpaired) electrons. The summed E-state index contributed by atoms with van der Waals surface area (Å²) in [5.74, 6) is 0. The van der Waals surface area contributed by atoms with Gasteiger partial charge in [-0.25, -0.2) is 0 Å². The molecule has 0 saturated heterocycles. The van der Waals surface area contributed by atoms with Crippen molar-refractivity contribution in [1.82, 2.24) is 4.52 Å². The van der Waals surface area contributed by atoms with Crippen LogP contribution in [0.1, 0.15) is 11.1 Å². The Morgan fingerprint density at radius 2 is 1.67 bits per heavy atom. The van der Waals surface area contributed by atoms with Crippen molar-refractivity contribution in [3.63, 3.8) is 0 Å². The summed E-state index contributed by atoms with van der Waals surface area (Å²) in [6, 6.07) is 24.4. The number of nitro groups is 1. The van der Waals surface area contributed by atoms with Crippen LogP contribution in [0.5, 0.6) is 0 Å². The fourth-order valence-electron chi connectivity index (χ4n) is 4.51. The average Bonchev–Trinajstić information content (AvgIpc) is 3.29. The van der Waals surface area contributed by atoms with Crippen molar-refractivity contribution in [3.8, 4) is 11.3 Å². The first-order valence-corrected chi connectivity index (χ1v) is 10.8. The lowest BCUT2D eigenvalue weighted by Gasteiger charge is -2.11. The second kappa shape index (κ2) is 7.74. The Labute approximate surface area is 191 Å². The van der Waals surface area contributed by atoms with Crippen LogP contribution >= 0.6 is 0 Å². The van der Waals surface area contributed by atoms with Gasteiger partial charge in [0.1, 0.15) is 11.0 Å². The highest BCUT2D eigenvalue weighted by molar-refractivity contribution is 5.92. The standard InChI is InChI=1S/C27H25N4O2/c1-18-14-26-23(16-24(18)31(32)33)22(15-19-10-12-21(13-11-19)28(2)3)27-17-25(29(4)30(26)27)20-8-6-5-7-9-20/h5-17H,1-4H3/q+1. The smallest absolute Gasteiger partial charge is 0.273 e. The Hall–Kier alpha value is -4.19. The third-order valence-corrected chi connectivity index (χ3v) is 6.25. The number of hydrogen-bond acceptors (Lipinski definition) is 3. The van der Waals surface area contributed by atoms with Gasteiger partial charge in [-0.05, 0) is 48.9 Å². The summed E-state index contributed by atoms with van der Waals surface area (Å²) in [4.78, 5) is 13.4. The van der Waals surface area contributed by atoms with E-state index in [4.69, 9.17) is 0 Å². The predicted molar refractivity (Wildman–Crippen MR) is 132 cm³/mol. The largest absolute Gasteiger partial charge is 0.378 e. The molecular weight excluding hydrogens is 412 g/mol. The number of aromatic nitrogens is 2. The van der Waals surface area contributed by atoms with E-state index in [1.165, 1.54) is 0 Å². The minimum Gasteiger partial charge on any atom is -0.378 e. The molecule has 0 aliphatic rings. The molecule has 0 fully saturated rings. The van der Waals surface area contributed by atoms with Gasteiger partial charge >= 0.3 is 0 Å². The van der Waals surface area contributed by atoms with Gasteiger partial charge in [-0.3, -0.25) is 10.1 Å². The van der Waals surface area contributed by atoms with Crippen molar-refractivity contribution in [2.45, 2.75) is 6.92 Å². The number of aryl methyl sites for hydroxylation is 2. The zero-order valence-electron chi connectivity index (χ0n) is 19.1. The maximum atomic E-state index is 11.7. The Morgan fingerprint density at radius 1 is 0.970 bits per heavy atom. The summed E-state index contributed by atoms with van der Waals surface area (Å²) >= 11 is 0. The molecule has 0 atom stereocenters. The number of rotatable bonds is 4. The minimum absolute atomic E-state index is 0.138. The summed E-state index contributed by atoms with van der Waals surface area (Å²) in [5.41, 5.74) is 7.13. The first-order chi connectivity index (χ1) is 15.8. The van der Waals surface area contributed by atoms with Crippen molar-refractivity contribution < 1.29 is 9.61 Å². The molecule has 0 aliphatic heterocycles. The van der Waals surface area contributed by atoms with E-state index < -0.39 is 0 Å². The van der Waals surface area contributed by atoms with Crippen molar-refractivity contribution in [3.05, 3.63) is 99.3 Å². The summed E-state index contributed by atoms with van der Waals surface area (Å²) < 4.78 is 4.26. The van der Waals surface area contributed by atoms with Gasteiger partial charge in [-0.2, -0.15) is 0 Å². The SMILES string of the molecule is Cc1cc2c(cc1[N+](=O)[O-])/c(=C/c1ccc(N(C)C)cc1)c1cc(-c3ccccc3)[n+](C)n12. The summed E-state index contributed by atoms with van der Waals surface area (Å²) in [6.07, 6.45) is 2.12.